The van der Waals surface area contributed by atoms with Crippen LogP contribution in [0.25, 0.3) is 11.0 Å². The molecule has 1 N–H and O–H groups in total. The summed E-state index contributed by atoms with van der Waals surface area (Å²) >= 11 is 0. The molecule has 0 bridgehead atoms. The second-order valence-corrected chi connectivity index (χ2v) is 8.48. The van der Waals surface area contributed by atoms with Crippen molar-refractivity contribution >= 4 is 16.9 Å². The molecule has 0 spiro atoms. The van der Waals surface area contributed by atoms with E-state index in [9.17, 15) is 9.59 Å². The third kappa shape index (κ3) is 3.48. The van der Waals surface area contributed by atoms with Crippen molar-refractivity contribution < 1.29 is 4.79 Å². The smallest absolute Gasteiger partial charge is 0.263 e. The molecule has 29 heavy (non-hydrogen) atoms. The van der Waals surface area contributed by atoms with Crippen molar-refractivity contribution in [1.82, 2.24) is 19.4 Å². The van der Waals surface area contributed by atoms with Crippen LogP contribution in [0, 0.1) is 12.8 Å². The van der Waals surface area contributed by atoms with Crippen molar-refractivity contribution in [2.45, 2.75) is 45.1 Å². The number of carbonyl (C=O) groups is 1. The number of imidazole rings is 1. The molecule has 1 amide bonds. The van der Waals surface area contributed by atoms with Gasteiger partial charge in [0.15, 0.2) is 0 Å². The number of rotatable bonds is 4. The summed E-state index contributed by atoms with van der Waals surface area (Å²) in [5.74, 6) is 1.21. The normalized spacial score (nSPS) is 19.6. The van der Waals surface area contributed by atoms with Gasteiger partial charge in [-0.05, 0) is 62.3 Å². The molecule has 6 nitrogen and oxygen atoms in total. The molecule has 1 unspecified atom stereocenters. The zero-order valence-corrected chi connectivity index (χ0v) is 16.7. The first kappa shape index (κ1) is 18.2. The fourth-order valence-corrected chi connectivity index (χ4v) is 4.49. The Hall–Kier alpha value is -2.89. The van der Waals surface area contributed by atoms with Crippen LogP contribution in [0.4, 0.5) is 0 Å². The molecule has 3 heterocycles. The summed E-state index contributed by atoms with van der Waals surface area (Å²) in [6, 6.07) is 10.2. The number of hydrogen-bond acceptors (Lipinski definition) is 3. The Balaban J connectivity index is 1.35. The fraction of sp³-hybridized carbons (Fsp3) is 0.435. The van der Waals surface area contributed by atoms with Gasteiger partial charge in [0, 0.05) is 31.7 Å². The number of aromatic nitrogens is 3. The van der Waals surface area contributed by atoms with Crippen LogP contribution < -0.4 is 5.56 Å². The summed E-state index contributed by atoms with van der Waals surface area (Å²) in [4.78, 5) is 36.1. The van der Waals surface area contributed by atoms with Crippen LogP contribution in [-0.2, 0) is 6.42 Å². The molecule has 1 atom stereocenters. The number of nitrogens with one attached hydrogen (secondary N) is 1. The van der Waals surface area contributed by atoms with Crippen LogP contribution >= 0.6 is 0 Å². The molecule has 1 saturated carbocycles. The summed E-state index contributed by atoms with van der Waals surface area (Å²) in [6.07, 6.45) is 6.74. The van der Waals surface area contributed by atoms with Gasteiger partial charge in [-0.15, -0.1) is 0 Å². The van der Waals surface area contributed by atoms with E-state index in [0.717, 1.165) is 54.5 Å². The number of H-pyrrole nitrogens is 1. The number of carbonyl (C=O) groups excluding carboxylic acids is 1. The first-order valence-corrected chi connectivity index (χ1v) is 10.5. The molecular weight excluding hydrogens is 364 g/mol. The average Bonchev–Trinajstić information content (AvgIpc) is 3.47. The standard InChI is InChI=1S/C23H26N4O2/c1-15-10-12-27(17-8-9-17)23(29)21(15)22(28)26-11-4-5-16(14-26)13-20-24-18-6-2-3-7-19(18)25-20/h2-3,6-7,10,12,16-17H,4-5,8-9,11,13-14H2,1H3,(H,24,25). The number of likely N-dealkylation sites (tertiary alicyclic amines) is 1. The molecule has 1 aliphatic heterocycles. The molecule has 2 fully saturated rings. The number of piperidine rings is 1. The van der Waals surface area contributed by atoms with E-state index in [4.69, 9.17) is 0 Å². The van der Waals surface area contributed by atoms with Crippen molar-refractivity contribution in [3.05, 3.63) is 63.8 Å². The lowest BCUT2D eigenvalue weighted by Gasteiger charge is -2.32. The quantitative estimate of drug-likeness (QED) is 0.742. The second kappa shape index (κ2) is 7.17. The minimum Gasteiger partial charge on any atom is -0.342 e. The number of fused-ring (bicyclic) bond motifs is 1. The number of aryl methyl sites for hydroxylation is 1. The molecule has 0 radical (unpaired) electrons. The highest BCUT2D eigenvalue weighted by Gasteiger charge is 2.30. The fourth-order valence-electron chi connectivity index (χ4n) is 4.49. The van der Waals surface area contributed by atoms with Crippen molar-refractivity contribution in [1.29, 1.82) is 0 Å². The van der Waals surface area contributed by atoms with E-state index in [1.807, 2.05) is 48.4 Å². The molecular formula is C23H26N4O2. The Morgan fingerprint density at radius 1 is 1.21 bits per heavy atom. The Labute approximate surface area is 169 Å². The lowest BCUT2D eigenvalue weighted by Crippen LogP contribution is -2.43. The Bertz CT molecular complexity index is 1090. The number of para-hydroxylation sites is 2. The highest BCUT2D eigenvalue weighted by molar-refractivity contribution is 5.95. The van der Waals surface area contributed by atoms with E-state index in [-0.39, 0.29) is 17.5 Å². The van der Waals surface area contributed by atoms with Crippen LogP contribution in [0.15, 0.2) is 41.3 Å². The maximum absolute atomic E-state index is 13.3. The van der Waals surface area contributed by atoms with E-state index in [1.54, 1.807) is 4.57 Å². The van der Waals surface area contributed by atoms with E-state index in [2.05, 4.69) is 9.97 Å². The van der Waals surface area contributed by atoms with Gasteiger partial charge >= 0.3 is 0 Å². The predicted octanol–water partition coefficient (Wildman–Crippen LogP) is 3.46. The molecule has 1 saturated heterocycles. The maximum Gasteiger partial charge on any atom is 0.263 e. The van der Waals surface area contributed by atoms with Crippen LogP contribution in [0.5, 0.6) is 0 Å². The van der Waals surface area contributed by atoms with Crippen molar-refractivity contribution in [2.24, 2.45) is 5.92 Å². The minimum atomic E-state index is -0.128. The Morgan fingerprint density at radius 2 is 2.03 bits per heavy atom. The monoisotopic (exact) mass is 390 g/mol. The minimum absolute atomic E-state index is 0.114. The number of benzene rings is 1. The SMILES string of the molecule is Cc1ccn(C2CC2)c(=O)c1C(=O)N1CCCC(Cc2nc3ccccc3[nH]2)C1. The Kier molecular flexibility index (Phi) is 4.49. The first-order chi connectivity index (χ1) is 14.1. The van der Waals surface area contributed by atoms with Gasteiger partial charge in [0.05, 0.1) is 11.0 Å². The second-order valence-electron chi connectivity index (χ2n) is 8.48. The van der Waals surface area contributed by atoms with Gasteiger partial charge in [0.1, 0.15) is 11.4 Å². The molecule has 5 rings (SSSR count). The highest BCUT2D eigenvalue weighted by atomic mass is 16.2. The maximum atomic E-state index is 13.3. The largest absolute Gasteiger partial charge is 0.342 e. The summed E-state index contributed by atoms with van der Waals surface area (Å²) in [5, 5.41) is 0. The summed E-state index contributed by atoms with van der Waals surface area (Å²) in [6.45, 7) is 3.25. The van der Waals surface area contributed by atoms with Crippen molar-refractivity contribution in [3.8, 4) is 0 Å². The van der Waals surface area contributed by atoms with Crippen LogP contribution in [0.1, 0.15) is 53.5 Å². The van der Waals surface area contributed by atoms with Gasteiger partial charge in [0.2, 0.25) is 0 Å². The van der Waals surface area contributed by atoms with Gasteiger partial charge in [-0.2, -0.15) is 0 Å². The van der Waals surface area contributed by atoms with Gasteiger partial charge in [-0.1, -0.05) is 12.1 Å². The van der Waals surface area contributed by atoms with E-state index in [1.165, 1.54) is 0 Å². The molecule has 2 aliphatic rings. The van der Waals surface area contributed by atoms with Gasteiger partial charge < -0.3 is 14.5 Å². The number of aromatic amines is 1. The third-order valence-corrected chi connectivity index (χ3v) is 6.21. The van der Waals surface area contributed by atoms with E-state index in [0.29, 0.717) is 24.6 Å². The van der Waals surface area contributed by atoms with Crippen LogP contribution in [-0.4, -0.2) is 38.4 Å². The lowest BCUT2D eigenvalue weighted by molar-refractivity contribution is 0.0669. The number of pyridine rings is 1. The molecule has 1 aliphatic carbocycles. The zero-order valence-electron chi connectivity index (χ0n) is 16.7. The first-order valence-electron chi connectivity index (χ1n) is 10.5. The van der Waals surface area contributed by atoms with Crippen LogP contribution in [0.3, 0.4) is 0 Å². The van der Waals surface area contributed by atoms with Gasteiger partial charge in [-0.3, -0.25) is 9.59 Å². The van der Waals surface area contributed by atoms with Crippen LogP contribution in [0.2, 0.25) is 0 Å². The Morgan fingerprint density at radius 3 is 2.83 bits per heavy atom. The third-order valence-electron chi connectivity index (χ3n) is 6.21. The molecule has 1 aromatic carbocycles. The predicted molar refractivity (Wildman–Crippen MR) is 112 cm³/mol. The molecule has 3 aromatic rings. The highest BCUT2D eigenvalue weighted by Crippen LogP contribution is 2.33. The van der Waals surface area contributed by atoms with E-state index >= 15 is 0 Å². The summed E-state index contributed by atoms with van der Waals surface area (Å²) in [5.41, 5.74) is 3.02. The number of hydrogen-bond donors (Lipinski definition) is 1. The zero-order chi connectivity index (χ0) is 20.0. The summed E-state index contributed by atoms with van der Waals surface area (Å²) < 4.78 is 1.75. The van der Waals surface area contributed by atoms with Gasteiger partial charge in [-0.25, -0.2) is 4.98 Å². The molecule has 2 aromatic heterocycles. The number of amides is 1. The number of nitrogens with zero attached hydrogens (tertiary/aromatic N) is 3. The van der Waals surface area contributed by atoms with Crippen molar-refractivity contribution in [2.75, 3.05) is 13.1 Å². The summed E-state index contributed by atoms with van der Waals surface area (Å²) in [7, 11) is 0. The van der Waals surface area contributed by atoms with E-state index < -0.39 is 0 Å². The average molecular weight is 390 g/mol. The molecule has 6 heteroatoms. The lowest BCUT2D eigenvalue weighted by atomic mass is 9.94. The molecule has 150 valence electrons. The van der Waals surface area contributed by atoms with Gasteiger partial charge in [0.25, 0.3) is 11.5 Å². The van der Waals surface area contributed by atoms with Crippen molar-refractivity contribution in [3.63, 3.8) is 0 Å². The topological polar surface area (TPSA) is 71.0 Å².